The fraction of sp³-hybridized carbons (Fsp3) is 0.747. The van der Waals surface area contributed by atoms with Crippen LogP contribution in [0.25, 0.3) is 0 Å². The van der Waals surface area contributed by atoms with Crippen molar-refractivity contribution in [2.75, 3.05) is 31.2 Å². The molecular weight excluding hydrogens is 1370 g/mol. The van der Waals surface area contributed by atoms with Crippen LogP contribution in [0.4, 0.5) is 4.79 Å². The molecule has 104 heavy (non-hydrogen) atoms. The number of ether oxygens (including phenoxy) is 2. The number of likely N-dealkylation sites (tertiary alicyclic amines) is 1. The Morgan fingerprint density at radius 2 is 1.10 bits per heavy atom. The maximum Gasteiger partial charge on any atom is 0.513 e. The topological polar surface area (TPSA) is 418 Å². The standard InChI is InChI=1S/C75H126N12O15S2/c1-7-10-12-14-16-18-20-22-24-26-28-30-32-36-65(91)80-59-49-103-104-50-60(74(99)87-43-34-35-61(87)72(97)84-56(45-51(4)5)67(92)79-48-64(78)90)85-69(94)58(47-63(77)89)83-68(93)55(41-42-62(76)88)81-73(98)66(52(6)9-3)86-70(95)57(82-71(59)96)46-53-37-39-54(40-38-53)102-75(100)101-44-33-31-29-27-25-23-21-19-17-15-13-11-8-2/h37-40,51-52,55-61,66H,7-36,41-50H2,1-6H3,(H2,76,88)(H2,77,89)(H2,78,90)(H,79,92)(H,80,91)(H,81,98)(H,82,96)(H,83,93)(H,84,97)(H,85,94)(H,86,95)/t52-,55-,56-,57-,58-,59-,60-,61-,66-/m0/s1. The number of primary amides is 3. The summed E-state index contributed by atoms with van der Waals surface area (Å²) in [5.74, 6) is -11.2. The summed E-state index contributed by atoms with van der Waals surface area (Å²) in [5, 5.41) is 21.3. The fourth-order valence-electron chi connectivity index (χ4n) is 12.5. The van der Waals surface area contributed by atoms with E-state index in [1.54, 1.807) is 26.0 Å². The molecule has 2 saturated heterocycles. The Hall–Kier alpha value is -7.17. The van der Waals surface area contributed by atoms with Crippen molar-refractivity contribution in [2.45, 2.75) is 315 Å². The van der Waals surface area contributed by atoms with Crippen LogP contribution in [0.15, 0.2) is 24.3 Å². The van der Waals surface area contributed by atoms with Gasteiger partial charge in [-0.1, -0.05) is 236 Å². The van der Waals surface area contributed by atoms with Crippen molar-refractivity contribution in [1.29, 1.82) is 0 Å². The third-order valence-electron chi connectivity index (χ3n) is 18.8. The molecule has 27 nitrogen and oxygen atoms in total. The molecule has 0 radical (unpaired) electrons. The van der Waals surface area contributed by atoms with Crippen molar-refractivity contribution in [3.05, 3.63) is 29.8 Å². The van der Waals surface area contributed by atoms with E-state index in [9.17, 15) is 57.5 Å². The zero-order valence-corrected chi connectivity index (χ0v) is 64.6. The summed E-state index contributed by atoms with van der Waals surface area (Å²) in [4.78, 5) is 181. The molecule has 0 unspecified atom stereocenters. The van der Waals surface area contributed by atoms with Crippen molar-refractivity contribution < 1.29 is 71.8 Å². The summed E-state index contributed by atoms with van der Waals surface area (Å²) in [7, 11) is 2.03. The van der Waals surface area contributed by atoms with Crippen molar-refractivity contribution in [3.63, 3.8) is 0 Å². The Morgan fingerprint density at radius 3 is 1.63 bits per heavy atom. The molecule has 2 heterocycles. The van der Waals surface area contributed by atoms with Crippen LogP contribution in [-0.2, 0) is 68.7 Å². The van der Waals surface area contributed by atoms with Gasteiger partial charge < -0.3 is 74.1 Å². The summed E-state index contributed by atoms with van der Waals surface area (Å²) in [6.45, 7) is 11.2. The number of nitrogens with zero attached hydrogens (tertiary/aromatic N) is 1. The molecule has 1 aromatic rings. The van der Waals surface area contributed by atoms with Gasteiger partial charge >= 0.3 is 6.16 Å². The Morgan fingerprint density at radius 1 is 0.577 bits per heavy atom. The summed E-state index contributed by atoms with van der Waals surface area (Å²) in [5.41, 5.74) is 16.9. The Labute approximate surface area is 625 Å². The SMILES string of the molecule is CCCCCCCCCCCCCCCOC(=O)Oc1ccc(C[C@@H]2NC(=O)[C@@H](NC(=O)CCCCCCCCCCCCCCC)CSSC[C@@H](C(=O)N3CCC[C@H]3C(=O)N[C@@H](CC(C)C)C(=O)NCC(N)=O)NC(=O)[C@H](CC(N)=O)NC(=O)[C@H](CCC(N)=O)NC(=O)[C@H]([C@@H](C)CC)NC2=O)cc1. The van der Waals surface area contributed by atoms with Gasteiger partial charge in [0, 0.05) is 37.3 Å². The zero-order chi connectivity index (χ0) is 76.6. The Bertz CT molecular complexity index is 2820. The highest BCUT2D eigenvalue weighted by Crippen LogP contribution is 2.27. The molecule has 0 aromatic heterocycles. The molecule has 2 aliphatic rings. The molecule has 29 heteroatoms. The third kappa shape index (κ3) is 38.7. The smallest absolute Gasteiger partial charge is 0.434 e. The van der Waals surface area contributed by atoms with Gasteiger partial charge in [0.2, 0.25) is 70.9 Å². The molecule has 0 saturated carbocycles. The molecule has 3 rings (SSSR count). The molecule has 588 valence electrons. The van der Waals surface area contributed by atoms with E-state index >= 15 is 4.79 Å². The Kier molecular flexibility index (Phi) is 46.9. The molecule has 1 aromatic carbocycles. The van der Waals surface area contributed by atoms with Crippen LogP contribution < -0.4 is 64.5 Å². The van der Waals surface area contributed by atoms with Gasteiger partial charge in [-0.05, 0) is 68.1 Å². The van der Waals surface area contributed by atoms with Gasteiger partial charge in [-0.2, -0.15) is 0 Å². The molecule has 2 aliphatic heterocycles. The molecule has 9 atom stereocenters. The minimum atomic E-state index is -1.81. The lowest BCUT2D eigenvalue weighted by atomic mass is 9.96. The van der Waals surface area contributed by atoms with Gasteiger partial charge in [0.15, 0.2) is 0 Å². The van der Waals surface area contributed by atoms with E-state index in [0.29, 0.717) is 24.8 Å². The van der Waals surface area contributed by atoms with Crippen molar-refractivity contribution in [3.8, 4) is 5.75 Å². The third-order valence-corrected chi connectivity index (χ3v) is 21.2. The number of rotatable bonds is 47. The average molecular weight is 1500 g/mol. The second-order valence-electron chi connectivity index (χ2n) is 28.3. The van der Waals surface area contributed by atoms with Crippen LogP contribution in [0.5, 0.6) is 5.75 Å². The highest BCUT2D eigenvalue weighted by molar-refractivity contribution is 8.76. The molecule has 0 bridgehead atoms. The fourth-order valence-corrected chi connectivity index (χ4v) is 14.8. The summed E-state index contributed by atoms with van der Waals surface area (Å²) < 4.78 is 10.9. The minimum Gasteiger partial charge on any atom is -0.434 e. The van der Waals surface area contributed by atoms with Gasteiger partial charge in [-0.15, -0.1) is 0 Å². The quantitative estimate of drug-likeness (QED) is 0.0128. The maximum absolute atomic E-state index is 15.0. The molecule has 0 aliphatic carbocycles. The van der Waals surface area contributed by atoms with Crippen LogP contribution in [0.1, 0.15) is 265 Å². The molecule has 14 N–H and O–H groups in total. The van der Waals surface area contributed by atoms with Crippen LogP contribution in [0.3, 0.4) is 0 Å². The van der Waals surface area contributed by atoms with Crippen molar-refractivity contribution >= 4 is 98.6 Å². The second-order valence-corrected chi connectivity index (χ2v) is 30.9. The predicted octanol–water partition coefficient (Wildman–Crippen LogP) is 7.93. The number of unbranched alkanes of at least 4 members (excludes halogenated alkanes) is 24. The van der Waals surface area contributed by atoms with Crippen LogP contribution in [0.2, 0.25) is 0 Å². The van der Waals surface area contributed by atoms with Crippen molar-refractivity contribution in [1.82, 2.24) is 47.4 Å². The lowest BCUT2D eigenvalue weighted by Crippen LogP contribution is -2.62. The first-order chi connectivity index (χ1) is 49.9. The predicted molar refractivity (Wildman–Crippen MR) is 405 cm³/mol. The zero-order valence-electron chi connectivity index (χ0n) is 63.0. The number of nitrogens with two attached hydrogens (primary N) is 3. The van der Waals surface area contributed by atoms with Gasteiger partial charge in [0.1, 0.15) is 54.1 Å². The second kappa shape index (κ2) is 53.6. The van der Waals surface area contributed by atoms with E-state index in [1.165, 1.54) is 120 Å². The van der Waals surface area contributed by atoms with Gasteiger partial charge in [-0.25, -0.2) is 4.79 Å². The highest BCUT2D eigenvalue weighted by atomic mass is 33.1. The average Bonchev–Trinajstić information content (AvgIpc) is 1.52. The number of nitrogens with one attached hydrogen (secondary N) is 8. The number of benzene rings is 1. The Balaban J connectivity index is 2.03. The minimum absolute atomic E-state index is 0.0125. The number of carbonyl (C=O) groups excluding carboxylic acids is 13. The van der Waals surface area contributed by atoms with Crippen LogP contribution in [0, 0.1) is 11.8 Å². The largest absolute Gasteiger partial charge is 0.513 e. The van der Waals surface area contributed by atoms with Gasteiger partial charge in [-0.3, -0.25) is 57.5 Å². The maximum atomic E-state index is 15.0. The van der Waals surface area contributed by atoms with Crippen LogP contribution >= 0.6 is 21.6 Å². The van der Waals surface area contributed by atoms with E-state index in [-0.39, 0.29) is 68.4 Å². The first-order valence-electron chi connectivity index (χ1n) is 38.6. The molecule has 12 amide bonds. The normalized spacial score (nSPS) is 20.0. The van der Waals surface area contributed by atoms with E-state index in [0.717, 1.165) is 73.0 Å². The van der Waals surface area contributed by atoms with Gasteiger partial charge in [0.25, 0.3) is 0 Å². The lowest BCUT2D eigenvalue weighted by molar-refractivity contribution is -0.142. The monoisotopic (exact) mass is 1500 g/mol. The van der Waals surface area contributed by atoms with E-state index in [4.69, 9.17) is 26.7 Å². The van der Waals surface area contributed by atoms with Gasteiger partial charge in [0.05, 0.1) is 19.6 Å². The highest BCUT2D eigenvalue weighted by Gasteiger charge is 2.41. The number of hydrogen-bond donors (Lipinski definition) is 11. The molecule has 2 fully saturated rings. The first-order valence-corrected chi connectivity index (χ1v) is 41.1. The lowest BCUT2D eigenvalue weighted by Gasteiger charge is -2.31. The number of hydrogen-bond acceptors (Lipinski definition) is 17. The summed E-state index contributed by atoms with van der Waals surface area (Å²) in [6.07, 6.45) is 27.5. The summed E-state index contributed by atoms with van der Waals surface area (Å²) >= 11 is 0. The first kappa shape index (κ1) is 91.0. The van der Waals surface area contributed by atoms with Crippen molar-refractivity contribution in [2.24, 2.45) is 29.0 Å². The molecular formula is C75H126N12O15S2. The van der Waals surface area contributed by atoms with E-state index < -0.39 is 157 Å². The van der Waals surface area contributed by atoms with E-state index in [1.807, 2.05) is 13.8 Å². The number of amides is 12. The van der Waals surface area contributed by atoms with Crippen LogP contribution in [-0.4, -0.2) is 161 Å². The number of carbonyl (C=O) groups is 13. The van der Waals surface area contributed by atoms with E-state index in [2.05, 4.69) is 56.4 Å². The molecule has 0 spiro atoms. The summed E-state index contributed by atoms with van der Waals surface area (Å²) in [6, 6.07) is -5.34.